The van der Waals surface area contributed by atoms with E-state index in [1.54, 1.807) is 6.20 Å². The third-order valence-corrected chi connectivity index (χ3v) is 2.65. The number of rotatable bonds is 3. The highest BCUT2D eigenvalue weighted by atomic mass is 79.9. The SMILES string of the molecule is C/C=C/c1ccccc1Oc1ccc(Br)cn1. The third-order valence-electron chi connectivity index (χ3n) is 2.18. The van der Waals surface area contributed by atoms with Gasteiger partial charge in [0.1, 0.15) is 5.75 Å². The van der Waals surface area contributed by atoms with Gasteiger partial charge in [-0.3, -0.25) is 0 Å². The van der Waals surface area contributed by atoms with Gasteiger partial charge in [0.2, 0.25) is 5.88 Å². The summed E-state index contributed by atoms with van der Waals surface area (Å²) in [6.45, 7) is 1.98. The Morgan fingerprint density at radius 2 is 2.00 bits per heavy atom. The van der Waals surface area contributed by atoms with Crippen molar-refractivity contribution in [2.75, 3.05) is 0 Å². The van der Waals surface area contributed by atoms with E-state index in [2.05, 4.69) is 20.9 Å². The van der Waals surface area contributed by atoms with Crippen LogP contribution < -0.4 is 4.74 Å². The molecule has 0 unspecified atom stereocenters. The van der Waals surface area contributed by atoms with E-state index in [1.165, 1.54) is 0 Å². The Morgan fingerprint density at radius 1 is 1.18 bits per heavy atom. The van der Waals surface area contributed by atoms with Crippen LogP contribution in [-0.4, -0.2) is 4.98 Å². The van der Waals surface area contributed by atoms with Crippen molar-refractivity contribution in [2.45, 2.75) is 6.92 Å². The van der Waals surface area contributed by atoms with Gasteiger partial charge in [0.25, 0.3) is 0 Å². The molecule has 2 nitrogen and oxygen atoms in total. The highest BCUT2D eigenvalue weighted by Gasteiger charge is 2.02. The van der Waals surface area contributed by atoms with Crippen LogP contribution in [0.5, 0.6) is 11.6 Å². The number of hydrogen-bond donors (Lipinski definition) is 0. The molecule has 2 rings (SSSR count). The maximum absolute atomic E-state index is 5.73. The second-order valence-corrected chi connectivity index (χ2v) is 4.37. The molecule has 1 heterocycles. The lowest BCUT2D eigenvalue weighted by Gasteiger charge is -2.07. The molecule has 0 N–H and O–H groups in total. The van der Waals surface area contributed by atoms with Crippen LogP contribution in [0.4, 0.5) is 0 Å². The number of hydrogen-bond acceptors (Lipinski definition) is 2. The van der Waals surface area contributed by atoms with Crippen molar-refractivity contribution in [2.24, 2.45) is 0 Å². The number of aromatic nitrogens is 1. The van der Waals surface area contributed by atoms with Crippen LogP contribution in [0.3, 0.4) is 0 Å². The zero-order valence-corrected chi connectivity index (χ0v) is 11.0. The zero-order chi connectivity index (χ0) is 12.1. The van der Waals surface area contributed by atoms with Crippen LogP contribution in [0.2, 0.25) is 0 Å². The molecular weight excluding hydrogens is 278 g/mol. The molecule has 86 valence electrons. The minimum absolute atomic E-state index is 0.588. The Labute approximate surface area is 109 Å². The van der Waals surface area contributed by atoms with E-state index in [-0.39, 0.29) is 0 Å². The van der Waals surface area contributed by atoms with Crippen molar-refractivity contribution in [3.63, 3.8) is 0 Å². The summed E-state index contributed by atoms with van der Waals surface area (Å²) in [5.41, 5.74) is 1.04. The number of halogens is 1. The molecule has 3 heteroatoms. The van der Waals surface area contributed by atoms with Gasteiger partial charge in [-0.2, -0.15) is 0 Å². The van der Waals surface area contributed by atoms with E-state index in [4.69, 9.17) is 4.74 Å². The summed E-state index contributed by atoms with van der Waals surface area (Å²) < 4.78 is 6.67. The van der Waals surface area contributed by atoms with E-state index < -0.39 is 0 Å². The predicted octanol–water partition coefficient (Wildman–Crippen LogP) is 4.67. The molecule has 0 fully saturated rings. The number of allylic oxidation sites excluding steroid dienone is 1. The molecule has 0 radical (unpaired) electrons. The topological polar surface area (TPSA) is 22.1 Å². The Bertz CT molecular complexity index is 520. The first-order valence-corrected chi connectivity index (χ1v) is 6.10. The summed E-state index contributed by atoms with van der Waals surface area (Å²) in [6, 6.07) is 11.6. The van der Waals surface area contributed by atoms with E-state index in [1.807, 2.05) is 55.5 Å². The molecular formula is C14H12BrNO. The monoisotopic (exact) mass is 289 g/mol. The van der Waals surface area contributed by atoms with Gasteiger partial charge in [0.05, 0.1) is 0 Å². The van der Waals surface area contributed by atoms with Crippen molar-refractivity contribution >= 4 is 22.0 Å². The molecule has 0 bridgehead atoms. The number of benzene rings is 1. The van der Waals surface area contributed by atoms with Crippen molar-refractivity contribution in [1.82, 2.24) is 4.98 Å². The van der Waals surface area contributed by atoms with Crippen molar-refractivity contribution in [1.29, 1.82) is 0 Å². The van der Waals surface area contributed by atoms with Crippen LogP contribution >= 0.6 is 15.9 Å². The minimum atomic E-state index is 0.588. The molecule has 0 aliphatic rings. The molecule has 0 atom stereocenters. The molecule has 1 aromatic carbocycles. The Balaban J connectivity index is 2.26. The van der Waals surface area contributed by atoms with Gasteiger partial charge < -0.3 is 4.74 Å². The molecule has 17 heavy (non-hydrogen) atoms. The molecule has 0 saturated heterocycles. The summed E-state index contributed by atoms with van der Waals surface area (Å²) in [4.78, 5) is 4.18. The van der Waals surface area contributed by atoms with Crippen LogP contribution in [-0.2, 0) is 0 Å². The van der Waals surface area contributed by atoms with Gasteiger partial charge in [-0.15, -0.1) is 0 Å². The maximum atomic E-state index is 5.73. The van der Waals surface area contributed by atoms with Gasteiger partial charge in [-0.05, 0) is 35.0 Å². The lowest BCUT2D eigenvalue weighted by molar-refractivity contribution is 0.461. The molecule has 0 amide bonds. The molecule has 1 aromatic heterocycles. The lowest BCUT2D eigenvalue weighted by Crippen LogP contribution is -1.89. The second kappa shape index (κ2) is 5.64. The van der Waals surface area contributed by atoms with Crippen molar-refractivity contribution in [3.8, 4) is 11.6 Å². The van der Waals surface area contributed by atoms with Crippen LogP contribution in [0.25, 0.3) is 6.08 Å². The Morgan fingerprint density at radius 3 is 2.71 bits per heavy atom. The summed E-state index contributed by atoms with van der Waals surface area (Å²) in [5.74, 6) is 1.39. The first kappa shape index (κ1) is 11.9. The van der Waals surface area contributed by atoms with Crippen molar-refractivity contribution < 1.29 is 4.74 Å². The number of pyridine rings is 1. The fraction of sp³-hybridized carbons (Fsp3) is 0.0714. The van der Waals surface area contributed by atoms with Gasteiger partial charge in [-0.25, -0.2) is 4.98 Å². The fourth-order valence-corrected chi connectivity index (χ4v) is 1.66. The fourth-order valence-electron chi connectivity index (χ4n) is 1.43. The van der Waals surface area contributed by atoms with Gasteiger partial charge in [0.15, 0.2) is 0 Å². The van der Waals surface area contributed by atoms with Crippen molar-refractivity contribution in [3.05, 3.63) is 58.7 Å². The maximum Gasteiger partial charge on any atom is 0.219 e. The molecule has 2 aromatic rings. The van der Waals surface area contributed by atoms with Gasteiger partial charge >= 0.3 is 0 Å². The Kier molecular flexibility index (Phi) is 3.94. The average Bonchev–Trinajstić information content (AvgIpc) is 2.35. The molecule has 0 saturated carbocycles. The summed E-state index contributed by atoms with van der Waals surface area (Å²) in [6.07, 6.45) is 5.71. The molecule has 0 spiro atoms. The highest BCUT2D eigenvalue weighted by Crippen LogP contribution is 2.25. The van der Waals surface area contributed by atoms with E-state index in [0.717, 1.165) is 15.8 Å². The van der Waals surface area contributed by atoms with E-state index in [0.29, 0.717) is 5.88 Å². The molecule has 0 aliphatic carbocycles. The van der Waals surface area contributed by atoms with E-state index >= 15 is 0 Å². The largest absolute Gasteiger partial charge is 0.438 e. The highest BCUT2D eigenvalue weighted by molar-refractivity contribution is 9.10. The average molecular weight is 290 g/mol. The summed E-state index contributed by atoms with van der Waals surface area (Å²) >= 11 is 3.34. The smallest absolute Gasteiger partial charge is 0.219 e. The number of para-hydroxylation sites is 1. The third kappa shape index (κ3) is 3.17. The number of ether oxygens (including phenoxy) is 1. The summed E-state index contributed by atoms with van der Waals surface area (Å²) in [5, 5.41) is 0. The van der Waals surface area contributed by atoms with Crippen LogP contribution in [0.15, 0.2) is 53.1 Å². The first-order chi connectivity index (χ1) is 8.29. The van der Waals surface area contributed by atoms with Crippen LogP contribution in [0, 0.1) is 0 Å². The standard InChI is InChI=1S/C14H12BrNO/c1-2-5-11-6-3-4-7-13(11)17-14-9-8-12(15)10-16-14/h2-10H,1H3/b5-2+. The second-order valence-electron chi connectivity index (χ2n) is 3.45. The minimum Gasteiger partial charge on any atom is -0.438 e. The van der Waals surface area contributed by atoms with Gasteiger partial charge in [-0.1, -0.05) is 30.4 Å². The quantitative estimate of drug-likeness (QED) is 0.819. The lowest BCUT2D eigenvalue weighted by atomic mass is 10.2. The van der Waals surface area contributed by atoms with E-state index in [9.17, 15) is 0 Å². The predicted molar refractivity (Wildman–Crippen MR) is 73.2 cm³/mol. The van der Waals surface area contributed by atoms with Gasteiger partial charge in [0, 0.05) is 22.3 Å². The summed E-state index contributed by atoms with van der Waals surface area (Å²) in [7, 11) is 0. The Hall–Kier alpha value is -1.61. The number of nitrogens with zero attached hydrogens (tertiary/aromatic N) is 1. The normalized spacial score (nSPS) is 10.7. The zero-order valence-electron chi connectivity index (χ0n) is 9.43. The van der Waals surface area contributed by atoms with Crippen LogP contribution in [0.1, 0.15) is 12.5 Å². The first-order valence-electron chi connectivity index (χ1n) is 5.31. The molecule has 0 aliphatic heterocycles.